The molecular weight excluding hydrogens is 228 g/mol. The average Bonchev–Trinajstić information content (AvgIpc) is 2.79. The first-order valence-electron chi connectivity index (χ1n) is 6.75. The molecule has 0 unspecified atom stereocenters. The number of hydrogen-bond donors (Lipinski definition) is 0. The van der Waals surface area contributed by atoms with Gasteiger partial charge in [0.2, 0.25) is 0 Å². The van der Waals surface area contributed by atoms with E-state index in [0.29, 0.717) is 12.3 Å². The van der Waals surface area contributed by atoms with Crippen LogP contribution in [0.4, 0.5) is 0 Å². The maximum Gasteiger partial charge on any atom is 0.185 e. The molecule has 2 bridgehead atoms. The van der Waals surface area contributed by atoms with Gasteiger partial charge < -0.3 is 4.74 Å². The Kier molecular flexibility index (Phi) is 1.90. The van der Waals surface area contributed by atoms with Crippen molar-refractivity contribution in [3.05, 3.63) is 23.8 Å². The molecule has 18 heavy (non-hydrogen) atoms. The van der Waals surface area contributed by atoms with Crippen LogP contribution < -0.4 is 0 Å². The summed E-state index contributed by atoms with van der Waals surface area (Å²) in [6.45, 7) is 2.20. The maximum absolute atomic E-state index is 12.2. The van der Waals surface area contributed by atoms with Gasteiger partial charge in [0.25, 0.3) is 0 Å². The normalized spacial score (nSPS) is 49.1. The third kappa shape index (κ3) is 1.01. The van der Waals surface area contributed by atoms with Gasteiger partial charge in [-0.25, -0.2) is 0 Å². The van der Waals surface area contributed by atoms with Gasteiger partial charge in [-0.05, 0) is 30.4 Å². The summed E-state index contributed by atoms with van der Waals surface area (Å²) >= 11 is 0. The minimum absolute atomic E-state index is 0.0119. The van der Waals surface area contributed by atoms with Crippen molar-refractivity contribution in [1.82, 2.24) is 0 Å². The Labute approximate surface area is 106 Å². The molecule has 94 valence electrons. The molecule has 2 aliphatic heterocycles. The van der Waals surface area contributed by atoms with E-state index in [9.17, 15) is 9.59 Å². The summed E-state index contributed by atoms with van der Waals surface area (Å²) in [5.41, 5.74) is 0.862. The molecule has 4 rings (SSSR count). The van der Waals surface area contributed by atoms with Gasteiger partial charge >= 0.3 is 0 Å². The van der Waals surface area contributed by atoms with Gasteiger partial charge in [-0.2, -0.15) is 0 Å². The van der Waals surface area contributed by atoms with E-state index in [0.717, 1.165) is 18.4 Å². The molecule has 1 spiro atoms. The standard InChI is InChI=1S/C15H16O3/c1-8-3-2-4-9-7-11(17)13-12-10(16)5-6-15(8,12)14(9)18-13/h2,4,7-8,12-14H,3,5-6H2,1H3/t8-,12+,13-,14-,15-/m1/s1. The van der Waals surface area contributed by atoms with Crippen molar-refractivity contribution in [1.29, 1.82) is 0 Å². The van der Waals surface area contributed by atoms with E-state index >= 15 is 0 Å². The Bertz CT molecular complexity index is 516. The van der Waals surface area contributed by atoms with Crippen LogP contribution in [-0.2, 0) is 14.3 Å². The number of allylic oxidation sites excluding steroid dienone is 1. The lowest BCUT2D eigenvalue weighted by atomic mass is 9.64. The molecule has 1 saturated carbocycles. The van der Waals surface area contributed by atoms with Crippen LogP contribution in [0.1, 0.15) is 26.2 Å². The van der Waals surface area contributed by atoms with Crippen molar-refractivity contribution < 1.29 is 14.3 Å². The lowest BCUT2D eigenvalue weighted by Gasteiger charge is -2.37. The lowest BCUT2D eigenvalue weighted by molar-refractivity contribution is -0.133. The number of Topliss-reactive ketones (excluding diaryl/α,β-unsaturated/α-hetero) is 1. The quantitative estimate of drug-likeness (QED) is 0.653. The first kappa shape index (κ1) is 10.7. The van der Waals surface area contributed by atoms with Crippen LogP contribution in [0.2, 0.25) is 0 Å². The molecule has 5 atom stereocenters. The van der Waals surface area contributed by atoms with Crippen LogP contribution in [0.3, 0.4) is 0 Å². The van der Waals surface area contributed by atoms with Crippen molar-refractivity contribution in [3.63, 3.8) is 0 Å². The first-order chi connectivity index (χ1) is 8.64. The smallest absolute Gasteiger partial charge is 0.185 e. The Morgan fingerprint density at radius 3 is 3.06 bits per heavy atom. The first-order valence-corrected chi connectivity index (χ1v) is 6.75. The molecule has 2 heterocycles. The van der Waals surface area contributed by atoms with Crippen molar-refractivity contribution in [3.8, 4) is 0 Å². The highest BCUT2D eigenvalue weighted by Crippen LogP contribution is 2.61. The Morgan fingerprint density at radius 1 is 1.39 bits per heavy atom. The Balaban J connectivity index is 1.96. The zero-order valence-electron chi connectivity index (χ0n) is 10.4. The van der Waals surface area contributed by atoms with Crippen molar-refractivity contribution in [2.24, 2.45) is 17.3 Å². The molecule has 3 nitrogen and oxygen atoms in total. The summed E-state index contributed by atoms with van der Waals surface area (Å²) in [6.07, 6.45) is 7.79. The molecule has 0 N–H and O–H groups in total. The highest BCUT2D eigenvalue weighted by molar-refractivity contribution is 6.02. The summed E-state index contributed by atoms with van der Waals surface area (Å²) in [5.74, 6) is 0.428. The Morgan fingerprint density at radius 2 is 2.22 bits per heavy atom. The summed E-state index contributed by atoms with van der Waals surface area (Å²) in [5, 5.41) is 0. The van der Waals surface area contributed by atoms with Crippen LogP contribution in [-0.4, -0.2) is 23.8 Å². The second-order valence-corrected chi connectivity index (χ2v) is 6.08. The molecule has 1 saturated heterocycles. The van der Waals surface area contributed by atoms with E-state index in [1.165, 1.54) is 0 Å². The van der Waals surface area contributed by atoms with Gasteiger partial charge in [0.15, 0.2) is 5.78 Å². The predicted molar refractivity (Wildman–Crippen MR) is 64.8 cm³/mol. The monoisotopic (exact) mass is 244 g/mol. The third-order valence-corrected chi connectivity index (χ3v) is 5.41. The minimum Gasteiger partial charge on any atom is -0.361 e. The van der Waals surface area contributed by atoms with Crippen molar-refractivity contribution in [2.45, 2.75) is 38.4 Å². The number of ketones is 2. The fraction of sp³-hybridized carbons (Fsp3) is 0.600. The van der Waals surface area contributed by atoms with Crippen LogP contribution in [0, 0.1) is 17.3 Å². The van der Waals surface area contributed by atoms with E-state index in [2.05, 4.69) is 13.0 Å². The zero-order valence-corrected chi connectivity index (χ0v) is 10.4. The van der Waals surface area contributed by atoms with Gasteiger partial charge in [-0.3, -0.25) is 9.59 Å². The van der Waals surface area contributed by atoms with Gasteiger partial charge in [-0.15, -0.1) is 0 Å². The zero-order chi connectivity index (χ0) is 12.5. The fourth-order valence-electron chi connectivity index (χ4n) is 4.56. The van der Waals surface area contributed by atoms with E-state index in [1.807, 2.05) is 6.08 Å². The summed E-state index contributed by atoms with van der Waals surface area (Å²) < 4.78 is 5.97. The van der Waals surface area contributed by atoms with Crippen molar-refractivity contribution in [2.75, 3.05) is 0 Å². The largest absolute Gasteiger partial charge is 0.361 e. The highest BCUT2D eigenvalue weighted by atomic mass is 16.5. The molecule has 0 amide bonds. The third-order valence-electron chi connectivity index (χ3n) is 5.41. The van der Waals surface area contributed by atoms with E-state index in [4.69, 9.17) is 4.74 Å². The number of fused-ring (bicyclic) bond motifs is 2. The fourth-order valence-corrected chi connectivity index (χ4v) is 4.56. The van der Waals surface area contributed by atoms with Crippen LogP contribution in [0.25, 0.3) is 0 Å². The van der Waals surface area contributed by atoms with Crippen LogP contribution in [0.5, 0.6) is 0 Å². The number of carbonyl (C=O) groups is 2. The summed E-state index contributed by atoms with van der Waals surface area (Å²) in [4.78, 5) is 24.3. The van der Waals surface area contributed by atoms with Gasteiger partial charge in [0.05, 0.1) is 12.0 Å². The lowest BCUT2D eigenvalue weighted by Crippen LogP contribution is -2.40. The van der Waals surface area contributed by atoms with Crippen LogP contribution in [0.15, 0.2) is 23.8 Å². The minimum atomic E-state index is -0.498. The highest BCUT2D eigenvalue weighted by Gasteiger charge is 2.67. The molecule has 0 aromatic heterocycles. The molecule has 0 aromatic rings. The molecule has 2 aliphatic carbocycles. The topological polar surface area (TPSA) is 43.4 Å². The summed E-state index contributed by atoms with van der Waals surface area (Å²) in [6, 6.07) is 0. The predicted octanol–water partition coefficient (Wildman–Crippen LogP) is 1.82. The molecular formula is C15H16O3. The van der Waals surface area contributed by atoms with Gasteiger partial charge in [0, 0.05) is 11.8 Å². The SMILES string of the molecule is C[C@@H]1CC=CC2=CC(=O)[C@H]3O[C@H]2[C@]12CCC(=O)[C@@H]32. The number of carbonyl (C=O) groups excluding carboxylic acids is 2. The van der Waals surface area contributed by atoms with Gasteiger partial charge in [0.1, 0.15) is 11.9 Å². The maximum atomic E-state index is 12.2. The van der Waals surface area contributed by atoms with E-state index < -0.39 is 6.10 Å². The van der Waals surface area contributed by atoms with Crippen LogP contribution >= 0.6 is 0 Å². The second-order valence-electron chi connectivity index (χ2n) is 6.08. The molecule has 2 fully saturated rings. The molecule has 4 aliphatic rings. The molecule has 0 aromatic carbocycles. The van der Waals surface area contributed by atoms with E-state index in [-0.39, 0.29) is 29.0 Å². The molecule has 3 heteroatoms. The number of hydrogen-bond acceptors (Lipinski definition) is 3. The summed E-state index contributed by atoms with van der Waals surface area (Å²) in [7, 11) is 0. The second kappa shape index (κ2) is 3.21. The average molecular weight is 244 g/mol. The van der Waals surface area contributed by atoms with Crippen molar-refractivity contribution >= 4 is 11.6 Å². The van der Waals surface area contributed by atoms with Gasteiger partial charge in [-0.1, -0.05) is 19.1 Å². The number of rotatable bonds is 0. The Hall–Kier alpha value is -1.22. The molecule has 0 radical (unpaired) electrons. The van der Waals surface area contributed by atoms with E-state index in [1.54, 1.807) is 6.08 Å². The number of ether oxygens (including phenoxy) is 1.